The summed E-state index contributed by atoms with van der Waals surface area (Å²) in [6.45, 7) is 0. The van der Waals surface area contributed by atoms with Crippen LogP contribution in [-0.2, 0) is 4.84 Å². The van der Waals surface area contributed by atoms with Gasteiger partial charge in [0.15, 0.2) is 6.10 Å². The van der Waals surface area contributed by atoms with E-state index < -0.39 is 6.10 Å². The van der Waals surface area contributed by atoms with E-state index in [4.69, 9.17) is 16.4 Å². The molecule has 78 valence electrons. The molecule has 4 heteroatoms. The Morgan fingerprint density at radius 2 is 2.00 bits per heavy atom. The summed E-state index contributed by atoms with van der Waals surface area (Å²) >= 11 is 6.03. The average molecular weight is 224 g/mol. The normalized spacial score (nSPS) is 37.6. The van der Waals surface area contributed by atoms with E-state index in [-0.39, 0.29) is 17.4 Å². The summed E-state index contributed by atoms with van der Waals surface area (Å²) in [6, 6.07) is 9.79. The van der Waals surface area contributed by atoms with E-state index in [1.54, 1.807) is 0 Å². The highest BCUT2D eigenvalue weighted by Gasteiger charge is 2.57. The van der Waals surface area contributed by atoms with Crippen LogP contribution in [0.4, 0.5) is 0 Å². The molecule has 1 fully saturated rings. The van der Waals surface area contributed by atoms with Gasteiger partial charge in [-0.2, -0.15) is 0 Å². The van der Waals surface area contributed by atoms with Gasteiger partial charge >= 0.3 is 0 Å². The molecular weight excluding hydrogens is 214 g/mol. The molecule has 1 aromatic rings. The van der Waals surface area contributed by atoms with Crippen molar-refractivity contribution in [1.29, 1.82) is 0 Å². The highest BCUT2D eigenvalue weighted by atomic mass is 35.5. The fraction of sp³-hybridized carbons (Fsp3) is 0.364. The van der Waals surface area contributed by atoms with Gasteiger partial charge in [-0.1, -0.05) is 35.5 Å². The van der Waals surface area contributed by atoms with Gasteiger partial charge in [-0.25, -0.2) is 0 Å². The van der Waals surface area contributed by atoms with Crippen LogP contribution in [0.15, 0.2) is 35.5 Å². The zero-order valence-corrected chi connectivity index (χ0v) is 8.63. The van der Waals surface area contributed by atoms with Crippen LogP contribution in [0.3, 0.4) is 0 Å². The largest absolute Gasteiger partial charge is 0.389 e. The van der Waals surface area contributed by atoms with Crippen LogP contribution in [-0.4, -0.2) is 28.4 Å². The number of hydrogen-bond acceptors (Lipinski definition) is 3. The van der Waals surface area contributed by atoms with E-state index >= 15 is 0 Å². The third-order valence-electron chi connectivity index (χ3n) is 3.02. The third-order valence-corrected chi connectivity index (χ3v) is 3.55. The van der Waals surface area contributed by atoms with Crippen LogP contribution < -0.4 is 0 Å². The van der Waals surface area contributed by atoms with E-state index in [9.17, 15) is 5.11 Å². The Kier molecular flexibility index (Phi) is 1.97. The molecule has 0 spiro atoms. The van der Waals surface area contributed by atoms with E-state index in [0.717, 1.165) is 11.3 Å². The molecular formula is C11H10ClNO2. The second kappa shape index (κ2) is 3.22. The zero-order valence-electron chi connectivity index (χ0n) is 7.88. The lowest BCUT2D eigenvalue weighted by Crippen LogP contribution is -2.58. The van der Waals surface area contributed by atoms with Gasteiger partial charge in [-0.3, -0.25) is 0 Å². The molecule has 0 radical (unpaired) electrons. The molecule has 0 amide bonds. The molecule has 1 aromatic carbocycles. The van der Waals surface area contributed by atoms with E-state index in [1.165, 1.54) is 0 Å². The summed E-state index contributed by atoms with van der Waals surface area (Å²) in [5.41, 5.74) is 1.87. The second-order valence-corrected chi connectivity index (χ2v) is 4.38. The fourth-order valence-electron chi connectivity index (χ4n) is 2.11. The summed E-state index contributed by atoms with van der Waals surface area (Å²) in [4.78, 5) is 5.16. The molecule has 0 aromatic heterocycles. The fourth-order valence-corrected chi connectivity index (χ4v) is 2.51. The van der Waals surface area contributed by atoms with Crippen molar-refractivity contribution in [2.75, 3.05) is 0 Å². The van der Waals surface area contributed by atoms with Crippen molar-refractivity contribution in [3.8, 4) is 0 Å². The van der Waals surface area contributed by atoms with Crippen LogP contribution in [0.25, 0.3) is 0 Å². The summed E-state index contributed by atoms with van der Waals surface area (Å²) in [6.07, 6.45) is -0.843. The number of alkyl halides is 1. The highest BCUT2D eigenvalue weighted by Crippen LogP contribution is 2.42. The topological polar surface area (TPSA) is 41.8 Å². The van der Waals surface area contributed by atoms with Crippen molar-refractivity contribution in [2.45, 2.75) is 17.6 Å². The van der Waals surface area contributed by atoms with Gasteiger partial charge in [0.25, 0.3) is 0 Å². The number of benzene rings is 1. The first-order valence-corrected chi connectivity index (χ1v) is 5.34. The predicted octanol–water partition coefficient (Wildman–Crippen LogP) is 1.39. The Hall–Kier alpha value is -1.06. The quantitative estimate of drug-likeness (QED) is 0.731. The third kappa shape index (κ3) is 1.20. The van der Waals surface area contributed by atoms with Gasteiger partial charge in [-0.05, 0) is 5.56 Å². The standard InChI is InChI=1S/C11H10ClNO2/c12-8-7-9(6-4-2-1-3-5-6)13-15-11(7)10(8)14/h1-5,7-8,10-11,14H/t7-,8-,10+,11+/m0/s1. The monoisotopic (exact) mass is 223 g/mol. The Balaban J connectivity index is 1.91. The molecule has 1 saturated carbocycles. The number of hydrogen-bond donors (Lipinski definition) is 1. The SMILES string of the molecule is O[C@@H]1[C@@H](Cl)[C@H]2C(c3ccccc3)=NO[C@@H]12. The van der Waals surface area contributed by atoms with Crippen molar-refractivity contribution < 1.29 is 9.94 Å². The molecule has 4 atom stereocenters. The Morgan fingerprint density at radius 1 is 1.27 bits per heavy atom. The minimum atomic E-state index is -0.596. The smallest absolute Gasteiger partial charge is 0.164 e. The molecule has 1 aliphatic carbocycles. The zero-order chi connectivity index (χ0) is 10.4. The van der Waals surface area contributed by atoms with Crippen LogP contribution in [0.5, 0.6) is 0 Å². The minimum absolute atomic E-state index is 0.0315. The molecule has 0 unspecified atom stereocenters. The van der Waals surface area contributed by atoms with Gasteiger partial charge in [-0.15, -0.1) is 11.6 Å². The molecule has 0 saturated heterocycles. The molecule has 3 rings (SSSR count). The van der Waals surface area contributed by atoms with Crippen LogP contribution in [0.2, 0.25) is 0 Å². The van der Waals surface area contributed by atoms with Crippen LogP contribution >= 0.6 is 11.6 Å². The summed E-state index contributed by atoms with van der Waals surface area (Å²) < 4.78 is 0. The molecule has 1 aliphatic heterocycles. The Labute approximate surface area is 92.3 Å². The van der Waals surface area contributed by atoms with E-state index in [0.29, 0.717) is 0 Å². The lowest BCUT2D eigenvalue weighted by Gasteiger charge is -2.39. The Bertz CT molecular complexity index is 406. The number of oxime groups is 1. The molecule has 1 heterocycles. The maximum Gasteiger partial charge on any atom is 0.164 e. The number of fused-ring (bicyclic) bond motifs is 1. The van der Waals surface area contributed by atoms with Crippen molar-refractivity contribution in [3.05, 3.63) is 35.9 Å². The minimum Gasteiger partial charge on any atom is -0.389 e. The lowest BCUT2D eigenvalue weighted by molar-refractivity contribution is -0.0936. The molecule has 0 bridgehead atoms. The highest BCUT2D eigenvalue weighted by molar-refractivity contribution is 6.25. The maximum absolute atomic E-state index is 9.52. The van der Waals surface area contributed by atoms with Gasteiger partial charge in [0.1, 0.15) is 6.10 Å². The number of aliphatic hydroxyl groups is 1. The van der Waals surface area contributed by atoms with Crippen molar-refractivity contribution >= 4 is 17.3 Å². The first-order chi connectivity index (χ1) is 7.29. The number of rotatable bonds is 1. The van der Waals surface area contributed by atoms with Gasteiger partial charge in [0.2, 0.25) is 0 Å². The first-order valence-electron chi connectivity index (χ1n) is 4.90. The second-order valence-electron chi connectivity index (χ2n) is 3.87. The van der Waals surface area contributed by atoms with Gasteiger partial charge in [0, 0.05) is 0 Å². The maximum atomic E-state index is 9.52. The Morgan fingerprint density at radius 3 is 2.73 bits per heavy atom. The molecule has 2 aliphatic rings. The van der Waals surface area contributed by atoms with Crippen LogP contribution in [0.1, 0.15) is 5.56 Å². The van der Waals surface area contributed by atoms with E-state index in [1.807, 2.05) is 30.3 Å². The predicted molar refractivity (Wildman–Crippen MR) is 57.0 cm³/mol. The molecule has 1 N–H and O–H groups in total. The number of nitrogens with zero attached hydrogens (tertiary/aromatic N) is 1. The van der Waals surface area contributed by atoms with Crippen molar-refractivity contribution in [1.82, 2.24) is 0 Å². The average Bonchev–Trinajstić information content (AvgIpc) is 2.70. The van der Waals surface area contributed by atoms with Crippen LogP contribution in [0, 0.1) is 5.92 Å². The number of aliphatic hydroxyl groups excluding tert-OH is 1. The molecule has 15 heavy (non-hydrogen) atoms. The first kappa shape index (κ1) is 9.19. The van der Waals surface area contributed by atoms with Crippen molar-refractivity contribution in [2.24, 2.45) is 11.1 Å². The summed E-state index contributed by atoms with van der Waals surface area (Å²) in [5.74, 6) is 0.0315. The van der Waals surface area contributed by atoms with Gasteiger partial charge < -0.3 is 9.94 Å². The summed E-state index contributed by atoms with van der Waals surface area (Å²) in [7, 11) is 0. The van der Waals surface area contributed by atoms with Crippen molar-refractivity contribution in [3.63, 3.8) is 0 Å². The lowest BCUT2D eigenvalue weighted by atomic mass is 9.74. The summed E-state index contributed by atoms with van der Waals surface area (Å²) in [5, 5.41) is 13.2. The molecule has 3 nitrogen and oxygen atoms in total. The van der Waals surface area contributed by atoms with Gasteiger partial charge in [0.05, 0.1) is 17.0 Å². The van der Waals surface area contributed by atoms with E-state index in [2.05, 4.69) is 5.16 Å². The number of halogens is 1.